The largest absolute Gasteiger partial charge is 0.448 e. The summed E-state index contributed by atoms with van der Waals surface area (Å²) in [5, 5.41) is 5.88. The second-order valence-electron chi connectivity index (χ2n) is 11.3. The van der Waals surface area contributed by atoms with E-state index in [1.54, 1.807) is 30.5 Å². The zero-order valence-electron chi connectivity index (χ0n) is 24.5. The third-order valence-electron chi connectivity index (χ3n) is 8.22. The summed E-state index contributed by atoms with van der Waals surface area (Å²) in [7, 11) is 0. The number of benzene rings is 1. The van der Waals surface area contributed by atoms with Crippen LogP contribution in [0.5, 0.6) is 0 Å². The lowest BCUT2D eigenvalue weighted by atomic mass is 10.1. The molecule has 0 spiro atoms. The summed E-state index contributed by atoms with van der Waals surface area (Å²) in [4.78, 5) is 64.8. The summed E-state index contributed by atoms with van der Waals surface area (Å²) < 4.78 is 5.52. The van der Waals surface area contributed by atoms with Crippen LogP contribution in [0, 0.1) is 0 Å². The third kappa shape index (κ3) is 6.51. The van der Waals surface area contributed by atoms with Gasteiger partial charge in [0.05, 0.1) is 16.9 Å². The van der Waals surface area contributed by atoms with Crippen LogP contribution in [-0.2, 0) is 4.79 Å². The van der Waals surface area contributed by atoms with Gasteiger partial charge in [-0.25, -0.2) is 9.97 Å². The molecule has 1 aromatic carbocycles. The summed E-state index contributed by atoms with van der Waals surface area (Å²) in [5.41, 5.74) is 7.76. The Morgan fingerprint density at radius 1 is 1.02 bits per heavy atom. The molecule has 1 saturated carbocycles. The second-order valence-corrected chi connectivity index (χ2v) is 11.3. The highest BCUT2D eigenvalue weighted by atomic mass is 16.3. The average molecular weight is 601 g/mol. The summed E-state index contributed by atoms with van der Waals surface area (Å²) in [6.07, 6.45) is 7.14. The zero-order chi connectivity index (χ0) is 30.6. The normalized spacial score (nSPS) is 16.7. The molecule has 2 saturated heterocycles. The van der Waals surface area contributed by atoms with Gasteiger partial charge in [-0.1, -0.05) is 0 Å². The van der Waals surface area contributed by atoms with Gasteiger partial charge in [0.15, 0.2) is 11.6 Å². The second kappa shape index (κ2) is 12.7. The van der Waals surface area contributed by atoms with E-state index in [-0.39, 0.29) is 23.4 Å². The molecule has 44 heavy (non-hydrogen) atoms. The minimum atomic E-state index is -0.531. The van der Waals surface area contributed by atoms with E-state index in [4.69, 9.17) is 10.2 Å². The van der Waals surface area contributed by atoms with Crippen molar-refractivity contribution in [2.75, 3.05) is 60.9 Å². The van der Waals surface area contributed by atoms with Crippen molar-refractivity contribution in [1.29, 1.82) is 0 Å². The van der Waals surface area contributed by atoms with E-state index >= 15 is 0 Å². The van der Waals surface area contributed by atoms with Crippen LogP contribution in [0.25, 0.3) is 0 Å². The zero-order valence-corrected chi connectivity index (χ0v) is 24.5. The van der Waals surface area contributed by atoms with E-state index in [1.807, 2.05) is 15.9 Å². The molecular weight excluding hydrogens is 564 g/mol. The van der Waals surface area contributed by atoms with Gasteiger partial charge < -0.3 is 35.5 Å². The highest BCUT2D eigenvalue weighted by molar-refractivity contribution is 6.06. The molecule has 0 bridgehead atoms. The first kappa shape index (κ1) is 29.1. The summed E-state index contributed by atoms with van der Waals surface area (Å²) in [5.74, 6) is 0.332. The van der Waals surface area contributed by atoms with Crippen LogP contribution in [0.2, 0.25) is 0 Å². The van der Waals surface area contributed by atoms with Crippen molar-refractivity contribution in [2.24, 2.45) is 5.73 Å². The van der Waals surface area contributed by atoms with Crippen LogP contribution in [0.3, 0.4) is 0 Å². The fraction of sp³-hybridized carbons (Fsp3) is 0.419. The monoisotopic (exact) mass is 600 g/mol. The number of amides is 4. The lowest BCUT2D eigenvalue weighted by molar-refractivity contribution is -0.127. The van der Waals surface area contributed by atoms with Crippen molar-refractivity contribution in [1.82, 2.24) is 20.2 Å². The van der Waals surface area contributed by atoms with E-state index < -0.39 is 11.8 Å². The van der Waals surface area contributed by atoms with Crippen molar-refractivity contribution in [3.05, 3.63) is 65.5 Å². The number of likely N-dealkylation sites (tertiary alicyclic amines) is 1. The molecular formula is C31H36N8O5. The van der Waals surface area contributed by atoms with E-state index in [0.717, 1.165) is 31.5 Å². The van der Waals surface area contributed by atoms with Crippen LogP contribution in [0.4, 0.5) is 17.2 Å². The number of oxazole rings is 1. The fourth-order valence-corrected chi connectivity index (χ4v) is 5.66. The Morgan fingerprint density at radius 2 is 1.82 bits per heavy atom. The van der Waals surface area contributed by atoms with E-state index in [1.165, 1.54) is 6.26 Å². The Bertz CT molecular complexity index is 1560. The highest BCUT2D eigenvalue weighted by Crippen LogP contribution is 2.39. The first-order valence-corrected chi connectivity index (χ1v) is 15.1. The number of primary amides is 1. The van der Waals surface area contributed by atoms with Crippen molar-refractivity contribution >= 4 is 40.8 Å². The number of aromatic nitrogens is 2. The van der Waals surface area contributed by atoms with Gasteiger partial charge in [-0.3, -0.25) is 19.2 Å². The number of rotatable bonds is 11. The molecule has 4 amide bonds. The molecule has 13 nitrogen and oxygen atoms in total. The molecule has 0 unspecified atom stereocenters. The number of pyridine rings is 1. The van der Waals surface area contributed by atoms with Crippen LogP contribution in [0.1, 0.15) is 75.1 Å². The quantitative estimate of drug-likeness (QED) is 0.280. The molecule has 3 aliphatic rings. The van der Waals surface area contributed by atoms with Crippen LogP contribution >= 0.6 is 0 Å². The molecule has 2 aromatic heterocycles. The van der Waals surface area contributed by atoms with Crippen molar-refractivity contribution in [3.63, 3.8) is 0 Å². The Hall–Kier alpha value is -4.94. The van der Waals surface area contributed by atoms with E-state index in [0.29, 0.717) is 80.6 Å². The maximum atomic E-state index is 13.2. The van der Waals surface area contributed by atoms with Gasteiger partial charge in [0.2, 0.25) is 5.91 Å². The summed E-state index contributed by atoms with van der Waals surface area (Å²) in [6.45, 7) is 4.11. The lowest BCUT2D eigenvalue weighted by Crippen LogP contribution is -2.47. The molecule has 0 radical (unpaired) electrons. The number of nitrogens with one attached hydrogen (secondary N) is 2. The minimum absolute atomic E-state index is 0.165. The first-order valence-electron chi connectivity index (χ1n) is 15.1. The number of carbonyl (C=O) groups excluding carboxylic acids is 4. The predicted octanol–water partition coefficient (Wildman–Crippen LogP) is 2.37. The van der Waals surface area contributed by atoms with E-state index in [9.17, 15) is 19.2 Å². The maximum absolute atomic E-state index is 13.2. The first-order chi connectivity index (χ1) is 21.4. The van der Waals surface area contributed by atoms with Crippen LogP contribution < -0.4 is 26.2 Å². The predicted molar refractivity (Wildman–Crippen MR) is 163 cm³/mol. The Balaban J connectivity index is 1.16. The molecule has 1 aliphatic carbocycles. The average Bonchev–Trinajstić information content (AvgIpc) is 3.62. The topological polar surface area (TPSA) is 167 Å². The van der Waals surface area contributed by atoms with E-state index in [2.05, 4.69) is 25.5 Å². The number of anilines is 3. The van der Waals surface area contributed by atoms with Gasteiger partial charge in [0, 0.05) is 69.9 Å². The number of nitrogens with zero attached hydrogens (tertiary/aromatic N) is 5. The number of hydrogen-bond acceptors (Lipinski definition) is 9. The minimum Gasteiger partial charge on any atom is -0.448 e. The van der Waals surface area contributed by atoms with Crippen LogP contribution in [0.15, 0.2) is 47.2 Å². The van der Waals surface area contributed by atoms with Gasteiger partial charge >= 0.3 is 0 Å². The fourth-order valence-electron chi connectivity index (χ4n) is 5.66. The lowest BCUT2D eigenvalue weighted by Gasteiger charge is -2.38. The van der Waals surface area contributed by atoms with Crippen molar-refractivity contribution in [3.8, 4) is 0 Å². The summed E-state index contributed by atoms with van der Waals surface area (Å²) in [6, 6.07) is 8.59. The van der Waals surface area contributed by atoms with Crippen molar-refractivity contribution < 1.29 is 23.6 Å². The number of carbonyl (C=O) groups is 4. The third-order valence-corrected chi connectivity index (χ3v) is 8.22. The molecule has 4 heterocycles. The molecule has 0 atom stereocenters. The SMILES string of the molecule is NC(=O)c1cccnc1N1CCN(c2ccc(C(=O)NCCCN3CCCC3=O)cc2NC(=O)c2coc(C3CC3)n2)CC1. The van der Waals surface area contributed by atoms with Crippen molar-refractivity contribution in [2.45, 2.75) is 38.0 Å². The van der Waals surface area contributed by atoms with Crippen LogP contribution in [-0.4, -0.2) is 84.3 Å². The molecule has 4 N–H and O–H groups in total. The Labute approximate surface area is 254 Å². The standard InChI is InChI=1S/C31H36N8O5/c32-27(41)22-4-1-10-33-28(22)39-16-14-37(15-17-39)25-9-8-21(29(42)34-11-3-13-38-12-2-5-26(38)40)18-23(25)35-30(43)24-19-44-31(36-24)20-6-7-20/h1,4,8-10,18-20H,2-3,5-7,11-17H2,(H2,32,41)(H,34,42)(H,35,43). The molecule has 230 valence electrons. The Morgan fingerprint density at radius 3 is 2.55 bits per heavy atom. The molecule has 13 heteroatoms. The maximum Gasteiger partial charge on any atom is 0.277 e. The molecule has 2 aliphatic heterocycles. The number of hydrogen-bond donors (Lipinski definition) is 3. The molecule has 3 aromatic rings. The summed E-state index contributed by atoms with van der Waals surface area (Å²) >= 11 is 0. The number of piperazine rings is 1. The van der Waals surface area contributed by atoms with Gasteiger partial charge in [-0.15, -0.1) is 0 Å². The van der Waals surface area contributed by atoms with Gasteiger partial charge in [0.1, 0.15) is 12.1 Å². The molecule has 6 rings (SSSR count). The van der Waals surface area contributed by atoms with Gasteiger partial charge in [0.25, 0.3) is 17.7 Å². The van der Waals surface area contributed by atoms with Gasteiger partial charge in [-0.2, -0.15) is 0 Å². The highest BCUT2D eigenvalue weighted by Gasteiger charge is 2.30. The smallest absolute Gasteiger partial charge is 0.277 e. The van der Waals surface area contributed by atoms with Gasteiger partial charge in [-0.05, 0) is 56.0 Å². The number of nitrogens with two attached hydrogens (primary N) is 1. The molecule has 3 fully saturated rings. The Kier molecular flexibility index (Phi) is 8.44.